The summed E-state index contributed by atoms with van der Waals surface area (Å²) >= 11 is 0. The van der Waals surface area contributed by atoms with Crippen LogP contribution in [0.25, 0.3) is 0 Å². The van der Waals surface area contributed by atoms with Crippen LogP contribution < -0.4 is 0 Å². The van der Waals surface area contributed by atoms with Crippen molar-refractivity contribution in [1.29, 1.82) is 0 Å². The number of esters is 1. The topological polar surface area (TPSA) is 63.6 Å². The summed E-state index contributed by atoms with van der Waals surface area (Å²) in [7, 11) is 0. The highest BCUT2D eigenvalue weighted by Crippen LogP contribution is 2.62. The number of ether oxygens (including phenoxy) is 1. The number of allylic oxidation sites excluding steroid dienone is 3. The van der Waals surface area contributed by atoms with Gasteiger partial charge in [-0.25, -0.2) is 0 Å². The average Bonchev–Trinajstić information content (AvgIpc) is 2.76. The fourth-order valence-corrected chi connectivity index (χ4v) is 5.90. The zero-order chi connectivity index (χ0) is 19.5. The Hall–Kier alpha value is -1.42. The van der Waals surface area contributed by atoms with Crippen LogP contribution in [0.4, 0.5) is 0 Å². The summed E-state index contributed by atoms with van der Waals surface area (Å²) in [5.41, 5.74) is -0.974. The highest BCUT2D eigenvalue weighted by atomic mass is 16.5. The number of fused-ring (bicyclic) bond motifs is 2. The summed E-state index contributed by atoms with van der Waals surface area (Å²) in [6.07, 6.45) is 7.21. The van der Waals surface area contributed by atoms with E-state index in [9.17, 15) is 14.7 Å². The first-order chi connectivity index (χ1) is 12.0. The van der Waals surface area contributed by atoms with Gasteiger partial charge in [-0.1, -0.05) is 44.6 Å². The fraction of sp³-hybridized carbons (Fsp3) is 0.727. The molecular weight excluding hydrogens is 328 g/mol. The maximum absolute atomic E-state index is 13.4. The molecule has 0 spiro atoms. The largest absolute Gasteiger partial charge is 0.461 e. The molecule has 0 amide bonds. The summed E-state index contributed by atoms with van der Waals surface area (Å²) in [4.78, 5) is 25.4. The Morgan fingerprint density at radius 3 is 2.54 bits per heavy atom. The monoisotopic (exact) mass is 360 g/mol. The number of carbonyl (C=O) groups excluding carboxylic acids is 2. The van der Waals surface area contributed by atoms with E-state index >= 15 is 0 Å². The first-order valence-corrected chi connectivity index (χ1v) is 9.75. The predicted octanol–water partition coefficient (Wildman–Crippen LogP) is 3.83. The molecule has 0 aromatic heterocycles. The number of hydrogen-bond acceptors (Lipinski definition) is 4. The Bertz CT molecular complexity index is 690. The van der Waals surface area contributed by atoms with Crippen molar-refractivity contribution in [1.82, 2.24) is 0 Å². The van der Waals surface area contributed by atoms with Gasteiger partial charge < -0.3 is 9.84 Å². The molecule has 1 N–H and O–H groups in total. The van der Waals surface area contributed by atoms with Crippen LogP contribution in [0, 0.1) is 28.6 Å². The molecule has 0 heterocycles. The number of ketones is 1. The van der Waals surface area contributed by atoms with Crippen LogP contribution in [0.1, 0.15) is 60.8 Å². The summed E-state index contributed by atoms with van der Waals surface area (Å²) in [6, 6.07) is 0. The fourth-order valence-electron chi connectivity index (χ4n) is 5.90. The van der Waals surface area contributed by atoms with Crippen molar-refractivity contribution in [2.24, 2.45) is 28.6 Å². The molecule has 3 aliphatic carbocycles. The van der Waals surface area contributed by atoms with E-state index in [1.54, 1.807) is 0 Å². The van der Waals surface area contributed by atoms with Gasteiger partial charge in [-0.05, 0) is 32.6 Å². The minimum absolute atomic E-state index is 0.0419. The van der Waals surface area contributed by atoms with Crippen molar-refractivity contribution in [2.45, 2.75) is 72.5 Å². The molecule has 4 nitrogen and oxygen atoms in total. The molecule has 3 rings (SSSR count). The van der Waals surface area contributed by atoms with Gasteiger partial charge in [0.05, 0.1) is 11.0 Å². The van der Waals surface area contributed by atoms with Crippen LogP contribution in [0.5, 0.6) is 0 Å². The van der Waals surface area contributed by atoms with Crippen molar-refractivity contribution in [3.05, 3.63) is 23.8 Å². The molecule has 0 aromatic rings. The van der Waals surface area contributed by atoms with E-state index in [0.717, 1.165) is 12.0 Å². The van der Waals surface area contributed by atoms with Crippen LogP contribution in [-0.2, 0) is 14.3 Å². The van der Waals surface area contributed by atoms with Crippen molar-refractivity contribution in [2.75, 3.05) is 0 Å². The smallest absolute Gasteiger partial charge is 0.302 e. The Labute approximate surface area is 156 Å². The van der Waals surface area contributed by atoms with Gasteiger partial charge in [0.1, 0.15) is 11.9 Å². The van der Waals surface area contributed by atoms with E-state index in [-0.39, 0.29) is 29.5 Å². The predicted molar refractivity (Wildman–Crippen MR) is 100 cm³/mol. The van der Waals surface area contributed by atoms with Gasteiger partial charge in [0.25, 0.3) is 0 Å². The van der Waals surface area contributed by atoms with Gasteiger partial charge >= 0.3 is 5.97 Å². The SMILES string of the molecule is CC(=O)O[C@H]1[C@@H]2C(C)=CC=C[C@@]2(C)C(=O)C[C@H]2[C@]1(C)CC[C@@]2(O)C(C)C. The number of hydrogen-bond donors (Lipinski definition) is 1. The highest BCUT2D eigenvalue weighted by Gasteiger charge is 2.66. The van der Waals surface area contributed by atoms with E-state index in [1.807, 2.05) is 45.9 Å². The molecule has 2 saturated carbocycles. The average molecular weight is 360 g/mol. The minimum Gasteiger partial charge on any atom is -0.461 e. The van der Waals surface area contributed by atoms with Crippen LogP contribution in [0.2, 0.25) is 0 Å². The second kappa shape index (κ2) is 6.05. The molecule has 3 aliphatic rings. The van der Waals surface area contributed by atoms with Crippen molar-refractivity contribution >= 4 is 11.8 Å². The van der Waals surface area contributed by atoms with Gasteiger partial charge in [-0.3, -0.25) is 9.59 Å². The lowest BCUT2D eigenvalue weighted by atomic mass is 9.62. The molecule has 4 heteroatoms. The lowest BCUT2D eigenvalue weighted by Gasteiger charge is -2.46. The first kappa shape index (κ1) is 19.3. The normalized spacial score (nSPS) is 45.0. The van der Waals surface area contributed by atoms with Gasteiger partial charge in [-0.15, -0.1) is 0 Å². The van der Waals surface area contributed by atoms with Crippen molar-refractivity contribution in [3.63, 3.8) is 0 Å². The van der Waals surface area contributed by atoms with E-state index in [1.165, 1.54) is 6.92 Å². The van der Waals surface area contributed by atoms with E-state index in [4.69, 9.17) is 4.74 Å². The maximum atomic E-state index is 13.4. The number of carbonyl (C=O) groups is 2. The number of rotatable bonds is 2. The first-order valence-electron chi connectivity index (χ1n) is 9.75. The van der Waals surface area contributed by atoms with Crippen LogP contribution >= 0.6 is 0 Å². The maximum Gasteiger partial charge on any atom is 0.302 e. The van der Waals surface area contributed by atoms with E-state index in [2.05, 4.69) is 6.92 Å². The summed E-state index contributed by atoms with van der Waals surface area (Å²) in [6.45, 7) is 11.6. The van der Waals surface area contributed by atoms with E-state index in [0.29, 0.717) is 12.8 Å². The van der Waals surface area contributed by atoms with E-state index < -0.39 is 22.5 Å². The van der Waals surface area contributed by atoms with Crippen molar-refractivity contribution < 1.29 is 19.4 Å². The molecule has 0 unspecified atom stereocenters. The third-order valence-corrected chi connectivity index (χ3v) is 7.64. The second-order valence-electron chi connectivity index (χ2n) is 9.39. The lowest BCUT2D eigenvalue weighted by Crippen LogP contribution is -2.50. The molecule has 0 saturated heterocycles. The molecule has 0 radical (unpaired) electrons. The Morgan fingerprint density at radius 2 is 1.96 bits per heavy atom. The van der Waals surface area contributed by atoms with Gasteiger partial charge in [-0.2, -0.15) is 0 Å². The standard InChI is InChI=1S/C22H32O4/c1-13(2)22(25)11-10-20(5)16(22)12-17(24)21(6)9-7-8-14(3)18(21)19(20)26-15(4)23/h7-9,13,16,18-19,25H,10-12H2,1-6H3/t16-,18-,19-,20-,21-,22+/m0/s1. The lowest BCUT2D eigenvalue weighted by molar-refractivity contribution is -0.164. The molecular formula is C22H32O4. The zero-order valence-corrected chi connectivity index (χ0v) is 16.8. The Balaban J connectivity index is 2.20. The molecule has 0 aromatic carbocycles. The second-order valence-corrected chi connectivity index (χ2v) is 9.39. The quantitative estimate of drug-likeness (QED) is 0.760. The third kappa shape index (κ3) is 2.52. The van der Waals surface area contributed by atoms with Gasteiger partial charge in [0, 0.05) is 30.6 Å². The molecule has 0 aliphatic heterocycles. The molecule has 6 atom stereocenters. The molecule has 144 valence electrons. The van der Waals surface area contributed by atoms with Crippen LogP contribution in [0.15, 0.2) is 23.8 Å². The summed E-state index contributed by atoms with van der Waals surface area (Å²) in [5, 5.41) is 11.5. The Morgan fingerprint density at radius 1 is 1.31 bits per heavy atom. The van der Waals surface area contributed by atoms with Crippen LogP contribution in [-0.4, -0.2) is 28.6 Å². The third-order valence-electron chi connectivity index (χ3n) is 7.64. The van der Waals surface area contributed by atoms with Crippen molar-refractivity contribution in [3.8, 4) is 0 Å². The molecule has 2 fully saturated rings. The van der Waals surface area contributed by atoms with Gasteiger partial charge in [0.2, 0.25) is 0 Å². The number of Topliss-reactive ketones (excluding diaryl/α,β-unsaturated/α-hetero) is 1. The van der Waals surface area contributed by atoms with Gasteiger partial charge in [0.15, 0.2) is 0 Å². The minimum atomic E-state index is -0.909. The summed E-state index contributed by atoms with van der Waals surface area (Å²) < 4.78 is 5.94. The number of aliphatic hydroxyl groups is 1. The summed E-state index contributed by atoms with van der Waals surface area (Å²) in [5.74, 6) is -0.545. The molecule has 26 heavy (non-hydrogen) atoms. The van der Waals surface area contributed by atoms with Crippen LogP contribution in [0.3, 0.4) is 0 Å². The molecule has 0 bridgehead atoms. The zero-order valence-electron chi connectivity index (χ0n) is 16.8. The Kier molecular flexibility index (Phi) is 4.50. The highest BCUT2D eigenvalue weighted by molar-refractivity contribution is 5.88.